The summed E-state index contributed by atoms with van der Waals surface area (Å²) in [5.41, 5.74) is -0.523. The lowest BCUT2D eigenvalue weighted by Gasteiger charge is -2.41. The fraction of sp³-hybridized carbons (Fsp3) is 0.923. The van der Waals surface area contributed by atoms with Crippen molar-refractivity contribution in [1.82, 2.24) is 5.32 Å². The first-order valence-electron chi connectivity index (χ1n) is 6.71. The molecule has 0 atom stereocenters. The zero-order chi connectivity index (χ0) is 14.5. The molecule has 1 fully saturated rings. The van der Waals surface area contributed by atoms with E-state index in [1.807, 2.05) is 6.92 Å². The molecule has 112 valence electrons. The van der Waals surface area contributed by atoms with Crippen LogP contribution in [0.1, 0.15) is 45.4 Å². The maximum absolute atomic E-state index is 12.7. The van der Waals surface area contributed by atoms with Crippen LogP contribution < -0.4 is 5.32 Å². The maximum atomic E-state index is 12.7. The number of alkyl halides is 3. The molecule has 0 amide bonds. The van der Waals surface area contributed by atoms with Crippen molar-refractivity contribution in [3.8, 4) is 0 Å². The lowest BCUT2D eigenvalue weighted by atomic mass is 9.74. The van der Waals surface area contributed by atoms with Crippen molar-refractivity contribution in [3.05, 3.63) is 0 Å². The van der Waals surface area contributed by atoms with E-state index in [-0.39, 0.29) is 25.2 Å². The van der Waals surface area contributed by atoms with Gasteiger partial charge in [0.1, 0.15) is 0 Å². The van der Waals surface area contributed by atoms with Crippen LogP contribution in [-0.2, 0) is 9.53 Å². The molecule has 1 aliphatic rings. The number of carbonyl (C=O) groups excluding carboxylic acids is 1. The van der Waals surface area contributed by atoms with Crippen LogP contribution in [0.25, 0.3) is 0 Å². The summed E-state index contributed by atoms with van der Waals surface area (Å²) in [4.78, 5) is 11.4. The molecule has 3 nitrogen and oxygen atoms in total. The lowest BCUT2D eigenvalue weighted by molar-refractivity contribution is -0.185. The van der Waals surface area contributed by atoms with E-state index in [2.05, 4.69) is 10.1 Å². The fourth-order valence-electron chi connectivity index (χ4n) is 2.65. The molecule has 0 saturated heterocycles. The van der Waals surface area contributed by atoms with Crippen molar-refractivity contribution in [1.29, 1.82) is 0 Å². The minimum atomic E-state index is -4.12. The Morgan fingerprint density at radius 2 is 1.95 bits per heavy atom. The predicted octanol–water partition coefficient (Wildman–Crippen LogP) is 3.04. The molecule has 0 aliphatic heterocycles. The first kappa shape index (κ1) is 16.3. The monoisotopic (exact) mass is 281 g/mol. The molecule has 0 aromatic rings. The highest BCUT2D eigenvalue weighted by Crippen LogP contribution is 2.42. The zero-order valence-corrected chi connectivity index (χ0v) is 11.5. The standard InChI is InChI=1S/C13H22F3NO2/c1-3-8-17-12(9-11(18)19-2)6-4-10(5-7-12)13(14,15)16/h10,17H,3-9H2,1-2H3. The Hall–Kier alpha value is -0.780. The topological polar surface area (TPSA) is 38.3 Å². The van der Waals surface area contributed by atoms with Gasteiger partial charge < -0.3 is 10.1 Å². The van der Waals surface area contributed by atoms with Crippen molar-refractivity contribution >= 4 is 5.97 Å². The molecule has 6 heteroatoms. The third-order valence-corrected chi connectivity index (χ3v) is 3.87. The molecular formula is C13H22F3NO2. The van der Waals surface area contributed by atoms with E-state index in [4.69, 9.17) is 0 Å². The number of halogens is 3. The van der Waals surface area contributed by atoms with Gasteiger partial charge in [-0.3, -0.25) is 4.79 Å². The summed E-state index contributed by atoms with van der Waals surface area (Å²) in [7, 11) is 1.30. The van der Waals surface area contributed by atoms with Crippen molar-refractivity contribution in [2.75, 3.05) is 13.7 Å². The second-order valence-corrected chi connectivity index (χ2v) is 5.28. The summed E-state index contributed by atoms with van der Waals surface area (Å²) in [6.07, 6.45) is -2.20. The molecule has 0 aromatic carbocycles. The van der Waals surface area contributed by atoms with E-state index in [0.717, 1.165) is 6.42 Å². The minimum Gasteiger partial charge on any atom is -0.469 e. The van der Waals surface area contributed by atoms with E-state index in [0.29, 0.717) is 19.4 Å². The van der Waals surface area contributed by atoms with Gasteiger partial charge in [0, 0.05) is 5.54 Å². The van der Waals surface area contributed by atoms with E-state index in [1.54, 1.807) is 0 Å². The van der Waals surface area contributed by atoms with Gasteiger partial charge in [0.15, 0.2) is 0 Å². The summed E-state index contributed by atoms with van der Waals surface area (Å²) in [6, 6.07) is 0. The highest BCUT2D eigenvalue weighted by Gasteiger charge is 2.46. The van der Waals surface area contributed by atoms with Gasteiger partial charge in [0.2, 0.25) is 0 Å². The molecule has 0 unspecified atom stereocenters. The molecule has 1 N–H and O–H groups in total. The van der Waals surface area contributed by atoms with Crippen LogP contribution in [0.5, 0.6) is 0 Å². The van der Waals surface area contributed by atoms with Gasteiger partial charge in [-0.15, -0.1) is 0 Å². The van der Waals surface area contributed by atoms with Crippen LogP contribution >= 0.6 is 0 Å². The fourth-order valence-corrected chi connectivity index (χ4v) is 2.65. The van der Waals surface area contributed by atoms with Crippen molar-refractivity contribution in [2.24, 2.45) is 5.92 Å². The zero-order valence-electron chi connectivity index (χ0n) is 11.5. The summed E-state index contributed by atoms with van der Waals surface area (Å²) >= 11 is 0. The Bertz CT molecular complexity index is 297. The van der Waals surface area contributed by atoms with Crippen molar-refractivity contribution in [2.45, 2.75) is 57.2 Å². The molecule has 0 spiro atoms. The average molecular weight is 281 g/mol. The molecule has 1 aliphatic carbocycles. The van der Waals surface area contributed by atoms with Gasteiger partial charge in [-0.1, -0.05) is 6.92 Å². The van der Waals surface area contributed by atoms with E-state index >= 15 is 0 Å². The predicted molar refractivity (Wildman–Crippen MR) is 65.7 cm³/mol. The third-order valence-electron chi connectivity index (χ3n) is 3.87. The summed E-state index contributed by atoms with van der Waals surface area (Å²) in [6.45, 7) is 2.69. The lowest BCUT2D eigenvalue weighted by Crippen LogP contribution is -2.51. The highest BCUT2D eigenvalue weighted by atomic mass is 19.4. The van der Waals surface area contributed by atoms with Gasteiger partial charge in [0.05, 0.1) is 19.4 Å². The molecule has 1 rings (SSSR count). The highest BCUT2D eigenvalue weighted by molar-refractivity contribution is 5.70. The number of hydrogen-bond acceptors (Lipinski definition) is 3. The Kier molecular flexibility index (Phi) is 5.64. The normalized spacial score (nSPS) is 28.2. The second-order valence-electron chi connectivity index (χ2n) is 5.28. The number of hydrogen-bond donors (Lipinski definition) is 1. The number of methoxy groups -OCH3 is 1. The van der Waals surface area contributed by atoms with Crippen molar-refractivity contribution < 1.29 is 22.7 Å². The van der Waals surface area contributed by atoms with Crippen LogP contribution in [0.2, 0.25) is 0 Å². The van der Waals surface area contributed by atoms with Crippen molar-refractivity contribution in [3.63, 3.8) is 0 Å². The Balaban J connectivity index is 2.66. The van der Waals surface area contributed by atoms with E-state index < -0.39 is 17.6 Å². The molecule has 0 aromatic heterocycles. The Morgan fingerprint density at radius 3 is 2.37 bits per heavy atom. The third kappa shape index (κ3) is 4.67. The SMILES string of the molecule is CCCNC1(CC(=O)OC)CCC(C(F)(F)F)CC1. The van der Waals surface area contributed by atoms with E-state index in [9.17, 15) is 18.0 Å². The number of ether oxygens (including phenoxy) is 1. The van der Waals surface area contributed by atoms with Gasteiger partial charge >= 0.3 is 12.1 Å². The largest absolute Gasteiger partial charge is 0.469 e. The van der Waals surface area contributed by atoms with Crippen LogP contribution in [0, 0.1) is 5.92 Å². The molecule has 0 bridgehead atoms. The molecule has 19 heavy (non-hydrogen) atoms. The molecule has 0 heterocycles. The number of rotatable bonds is 5. The van der Waals surface area contributed by atoms with E-state index in [1.165, 1.54) is 7.11 Å². The summed E-state index contributed by atoms with van der Waals surface area (Å²) < 4.78 is 42.6. The van der Waals surface area contributed by atoms with Gasteiger partial charge in [-0.05, 0) is 38.6 Å². The average Bonchev–Trinajstić information content (AvgIpc) is 2.36. The quantitative estimate of drug-likeness (QED) is 0.787. The van der Waals surface area contributed by atoms with Crippen LogP contribution in [-0.4, -0.2) is 31.3 Å². The maximum Gasteiger partial charge on any atom is 0.391 e. The van der Waals surface area contributed by atoms with Gasteiger partial charge in [-0.2, -0.15) is 13.2 Å². The van der Waals surface area contributed by atoms with Gasteiger partial charge in [-0.25, -0.2) is 0 Å². The molecular weight excluding hydrogens is 259 g/mol. The number of carbonyl (C=O) groups is 1. The van der Waals surface area contributed by atoms with Gasteiger partial charge in [0.25, 0.3) is 0 Å². The molecule has 1 saturated carbocycles. The molecule has 0 radical (unpaired) electrons. The number of esters is 1. The first-order chi connectivity index (χ1) is 8.83. The first-order valence-corrected chi connectivity index (χ1v) is 6.71. The minimum absolute atomic E-state index is 0.0806. The van der Waals surface area contributed by atoms with Crippen LogP contribution in [0.3, 0.4) is 0 Å². The van der Waals surface area contributed by atoms with Crippen LogP contribution in [0.4, 0.5) is 13.2 Å². The number of nitrogens with one attached hydrogen (secondary N) is 1. The Morgan fingerprint density at radius 1 is 1.37 bits per heavy atom. The smallest absolute Gasteiger partial charge is 0.391 e. The second kappa shape index (κ2) is 6.59. The summed E-state index contributed by atoms with van der Waals surface area (Å²) in [5, 5.41) is 3.25. The Labute approximate surface area is 111 Å². The summed E-state index contributed by atoms with van der Waals surface area (Å²) in [5.74, 6) is -1.60. The van der Waals surface area contributed by atoms with Crippen LogP contribution in [0.15, 0.2) is 0 Å².